The molecule has 1 heterocycles. The first kappa shape index (κ1) is 21.0. The molecular weight excluding hydrogens is 328 g/mol. The standard InChI is InChI=1S/C17H32N4O2.ClH/c1-12(2)9-19-16(23)21-8-4-5-13(10-21)15(22)20-17(3,11-18)14-6-7-14;/h12-14H,4-11,18H2,1-3H3,(H,19,23)(H,20,22);1H. The number of nitrogens with zero attached hydrogens (tertiary/aromatic N) is 1. The molecule has 2 aliphatic rings. The lowest BCUT2D eigenvalue weighted by atomic mass is 9.92. The van der Waals surface area contributed by atoms with Gasteiger partial charge >= 0.3 is 6.03 Å². The Hall–Kier alpha value is -1.01. The van der Waals surface area contributed by atoms with Crippen LogP contribution in [-0.2, 0) is 4.79 Å². The van der Waals surface area contributed by atoms with Crippen molar-refractivity contribution in [3.05, 3.63) is 0 Å². The Kier molecular flexibility index (Phi) is 7.80. The number of halogens is 1. The van der Waals surface area contributed by atoms with E-state index in [9.17, 15) is 9.59 Å². The minimum atomic E-state index is -0.292. The molecule has 3 amide bonds. The van der Waals surface area contributed by atoms with Crippen molar-refractivity contribution in [2.75, 3.05) is 26.2 Å². The molecule has 2 atom stereocenters. The molecule has 24 heavy (non-hydrogen) atoms. The maximum atomic E-state index is 12.6. The largest absolute Gasteiger partial charge is 0.349 e. The Balaban J connectivity index is 0.00000288. The number of amides is 3. The van der Waals surface area contributed by atoms with Crippen LogP contribution >= 0.6 is 12.4 Å². The van der Waals surface area contributed by atoms with Gasteiger partial charge in [-0.2, -0.15) is 0 Å². The number of urea groups is 1. The third-order valence-electron chi connectivity index (χ3n) is 5.05. The van der Waals surface area contributed by atoms with Crippen molar-refractivity contribution >= 4 is 24.3 Å². The van der Waals surface area contributed by atoms with Crippen molar-refractivity contribution in [2.24, 2.45) is 23.5 Å². The van der Waals surface area contributed by atoms with Gasteiger partial charge in [0.1, 0.15) is 0 Å². The number of rotatable bonds is 6. The number of carbonyl (C=O) groups is 2. The predicted octanol–water partition coefficient (Wildman–Crippen LogP) is 1.73. The van der Waals surface area contributed by atoms with E-state index in [1.807, 2.05) is 6.92 Å². The summed E-state index contributed by atoms with van der Waals surface area (Å²) in [7, 11) is 0. The molecule has 1 aliphatic heterocycles. The maximum Gasteiger partial charge on any atom is 0.317 e. The minimum Gasteiger partial charge on any atom is -0.349 e. The summed E-state index contributed by atoms with van der Waals surface area (Å²) in [5.41, 5.74) is 5.59. The summed E-state index contributed by atoms with van der Waals surface area (Å²) in [5.74, 6) is 0.849. The highest BCUT2D eigenvalue weighted by molar-refractivity contribution is 5.85. The molecule has 0 spiro atoms. The first-order valence-corrected chi connectivity index (χ1v) is 8.90. The zero-order valence-electron chi connectivity index (χ0n) is 15.1. The summed E-state index contributed by atoms with van der Waals surface area (Å²) in [6.07, 6.45) is 3.99. The molecule has 0 bridgehead atoms. The molecule has 0 aromatic rings. The number of nitrogens with one attached hydrogen (secondary N) is 2. The molecule has 1 saturated heterocycles. The topological polar surface area (TPSA) is 87.5 Å². The van der Waals surface area contributed by atoms with E-state index in [1.165, 1.54) is 0 Å². The van der Waals surface area contributed by atoms with Crippen molar-refractivity contribution in [1.29, 1.82) is 0 Å². The van der Waals surface area contributed by atoms with E-state index >= 15 is 0 Å². The highest BCUT2D eigenvalue weighted by Crippen LogP contribution is 2.39. The number of piperidine rings is 1. The van der Waals surface area contributed by atoms with Crippen LogP contribution in [0.2, 0.25) is 0 Å². The van der Waals surface area contributed by atoms with Crippen molar-refractivity contribution in [1.82, 2.24) is 15.5 Å². The number of hydrogen-bond acceptors (Lipinski definition) is 3. The molecule has 2 rings (SSSR count). The number of carbonyl (C=O) groups excluding carboxylic acids is 2. The lowest BCUT2D eigenvalue weighted by molar-refractivity contribution is -0.128. The van der Waals surface area contributed by atoms with E-state index in [-0.39, 0.29) is 35.8 Å². The molecule has 2 fully saturated rings. The van der Waals surface area contributed by atoms with Gasteiger partial charge in [-0.05, 0) is 44.4 Å². The van der Waals surface area contributed by atoms with Crippen LogP contribution in [0.25, 0.3) is 0 Å². The Morgan fingerprint density at radius 2 is 1.96 bits per heavy atom. The van der Waals surface area contributed by atoms with Crippen molar-refractivity contribution < 1.29 is 9.59 Å². The zero-order chi connectivity index (χ0) is 17.0. The molecule has 7 heteroatoms. The molecule has 1 aliphatic carbocycles. The maximum absolute atomic E-state index is 12.6. The minimum absolute atomic E-state index is 0. The highest BCUT2D eigenvalue weighted by atomic mass is 35.5. The zero-order valence-corrected chi connectivity index (χ0v) is 16.0. The van der Waals surface area contributed by atoms with E-state index in [4.69, 9.17) is 5.73 Å². The van der Waals surface area contributed by atoms with Crippen LogP contribution in [0.5, 0.6) is 0 Å². The molecule has 1 saturated carbocycles. The summed E-state index contributed by atoms with van der Waals surface area (Å²) in [6, 6.07) is -0.0556. The monoisotopic (exact) mass is 360 g/mol. The van der Waals surface area contributed by atoms with Gasteiger partial charge in [-0.15, -0.1) is 12.4 Å². The van der Waals surface area contributed by atoms with Gasteiger partial charge in [-0.1, -0.05) is 13.8 Å². The lowest BCUT2D eigenvalue weighted by Gasteiger charge is -2.36. The SMILES string of the molecule is CC(C)CNC(=O)N1CCCC(C(=O)NC(C)(CN)C2CC2)C1.Cl. The van der Waals surface area contributed by atoms with Crippen LogP contribution in [0.3, 0.4) is 0 Å². The number of nitrogens with two attached hydrogens (primary N) is 1. The molecule has 0 radical (unpaired) electrons. The van der Waals surface area contributed by atoms with E-state index in [0.29, 0.717) is 31.5 Å². The van der Waals surface area contributed by atoms with E-state index in [0.717, 1.165) is 32.2 Å². The molecule has 140 valence electrons. The van der Waals surface area contributed by atoms with Crippen LogP contribution < -0.4 is 16.4 Å². The third kappa shape index (κ3) is 5.52. The Labute approximate surface area is 151 Å². The number of hydrogen-bond donors (Lipinski definition) is 3. The van der Waals surface area contributed by atoms with Crippen LogP contribution in [0.1, 0.15) is 46.5 Å². The Bertz CT molecular complexity index is 442. The van der Waals surface area contributed by atoms with Crippen LogP contribution in [-0.4, -0.2) is 48.6 Å². The molecule has 0 aromatic heterocycles. The first-order chi connectivity index (χ1) is 10.9. The van der Waals surface area contributed by atoms with Crippen LogP contribution in [0.4, 0.5) is 4.79 Å². The van der Waals surface area contributed by atoms with Crippen molar-refractivity contribution in [3.8, 4) is 0 Å². The van der Waals surface area contributed by atoms with Gasteiger partial charge in [0.2, 0.25) is 5.91 Å². The fraction of sp³-hybridized carbons (Fsp3) is 0.882. The summed E-state index contributed by atoms with van der Waals surface area (Å²) in [4.78, 5) is 26.6. The normalized spacial score (nSPS) is 23.2. The second kappa shape index (κ2) is 8.90. The highest BCUT2D eigenvalue weighted by Gasteiger charge is 2.42. The van der Waals surface area contributed by atoms with Gasteiger partial charge in [0.05, 0.1) is 11.5 Å². The third-order valence-corrected chi connectivity index (χ3v) is 5.05. The molecule has 4 N–H and O–H groups in total. The fourth-order valence-corrected chi connectivity index (χ4v) is 3.20. The number of likely N-dealkylation sites (tertiary alicyclic amines) is 1. The Morgan fingerprint density at radius 1 is 1.29 bits per heavy atom. The van der Waals surface area contributed by atoms with Gasteiger partial charge in [-0.25, -0.2) is 4.79 Å². The van der Waals surface area contributed by atoms with E-state index in [1.54, 1.807) is 4.90 Å². The van der Waals surface area contributed by atoms with Gasteiger partial charge in [-0.3, -0.25) is 4.79 Å². The smallest absolute Gasteiger partial charge is 0.317 e. The van der Waals surface area contributed by atoms with E-state index in [2.05, 4.69) is 24.5 Å². The molecule has 2 unspecified atom stereocenters. The summed E-state index contributed by atoms with van der Waals surface area (Å²) in [5, 5.41) is 6.10. The van der Waals surface area contributed by atoms with Gasteiger partial charge in [0, 0.05) is 26.2 Å². The summed E-state index contributed by atoms with van der Waals surface area (Å²) in [6.45, 7) is 8.54. The van der Waals surface area contributed by atoms with Gasteiger partial charge in [0.25, 0.3) is 0 Å². The van der Waals surface area contributed by atoms with Crippen molar-refractivity contribution in [2.45, 2.75) is 52.0 Å². The molecular formula is C17H33ClN4O2. The molecule has 6 nitrogen and oxygen atoms in total. The van der Waals surface area contributed by atoms with Crippen LogP contribution in [0, 0.1) is 17.8 Å². The van der Waals surface area contributed by atoms with E-state index < -0.39 is 0 Å². The second-order valence-corrected chi connectivity index (χ2v) is 7.75. The van der Waals surface area contributed by atoms with Crippen molar-refractivity contribution in [3.63, 3.8) is 0 Å². The average Bonchev–Trinajstić information content (AvgIpc) is 3.37. The lowest BCUT2D eigenvalue weighted by Crippen LogP contribution is -2.57. The average molecular weight is 361 g/mol. The Morgan fingerprint density at radius 3 is 2.50 bits per heavy atom. The first-order valence-electron chi connectivity index (χ1n) is 8.90. The fourth-order valence-electron chi connectivity index (χ4n) is 3.20. The van der Waals surface area contributed by atoms with Gasteiger partial charge < -0.3 is 21.3 Å². The summed E-state index contributed by atoms with van der Waals surface area (Å²) < 4.78 is 0. The van der Waals surface area contributed by atoms with Crippen LogP contribution in [0.15, 0.2) is 0 Å². The van der Waals surface area contributed by atoms with Gasteiger partial charge in [0.15, 0.2) is 0 Å². The molecule has 0 aromatic carbocycles. The predicted molar refractivity (Wildman–Crippen MR) is 98.1 cm³/mol. The quantitative estimate of drug-likeness (QED) is 0.674. The summed E-state index contributed by atoms with van der Waals surface area (Å²) >= 11 is 0. The second-order valence-electron chi connectivity index (χ2n) is 7.75.